The Hall–Kier alpha value is -0.570. The van der Waals surface area contributed by atoms with Crippen molar-refractivity contribution in [2.45, 2.75) is 33.7 Å². The van der Waals surface area contributed by atoms with Gasteiger partial charge in [-0.3, -0.25) is 4.79 Å². The standard InChI is InChI=1S/C7H15NO2.C2H6/c1-5(2)6(8-3)7(9)10-4;1-2/h5-6,8H,1-4H3;1-2H3/t6-;/m1./s1. The van der Waals surface area contributed by atoms with Gasteiger partial charge < -0.3 is 10.1 Å². The molecule has 0 saturated carbocycles. The van der Waals surface area contributed by atoms with Crippen molar-refractivity contribution in [1.82, 2.24) is 5.32 Å². The van der Waals surface area contributed by atoms with Crippen LogP contribution in [0.2, 0.25) is 0 Å². The fourth-order valence-electron chi connectivity index (χ4n) is 0.850. The number of likely N-dealkylation sites (N-methyl/N-ethyl adjacent to an activating group) is 1. The van der Waals surface area contributed by atoms with E-state index in [1.165, 1.54) is 7.11 Å². The Kier molecular flexibility index (Phi) is 9.93. The smallest absolute Gasteiger partial charge is 0.323 e. The summed E-state index contributed by atoms with van der Waals surface area (Å²) in [5, 5.41) is 2.88. The van der Waals surface area contributed by atoms with E-state index in [0.717, 1.165) is 0 Å². The van der Waals surface area contributed by atoms with Gasteiger partial charge in [0.15, 0.2) is 0 Å². The van der Waals surface area contributed by atoms with Crippen molar-refractivity contribution in [1.29, 1.82) is 0 Å². The zero-order valence-electron chi connectivity index (χ0n) is 8.97. The van der Waals surface area contributed by atoms with Crippen LogP contribution in [0.4, 0.5) is 0 Å². The average Bonchev–Trinajstić information content (AvgIpc) is 2.08. The van der Waals surface area contributed by atoms with Crippen LogP contribution in [0.5, 0.6) is 0 Å². The van der Waals surface area contributed by atoms with Crippen LogP contribution in [0.25, 0.3) is 0 Å². The second kappa shape index (κ2) is 8.53. The number of hydrogen-bond acceptors (Lipinski definition) is 3. The molecule has 3 heteroatoms. The molecule has 0 aliphatic carbocycles. The first-order valence-corrected chi connectivity index (χ1v) is 4.38. The molecule has 0 radical (unpaired) electrons. The maximum atomic E-state index is 10.9. The molecule has 1 N–H and O–H groups in total. The minimum absolute atomic E-state index is 0.176. The number of ether oxygens (including phenoxy) is 1. The molecule has 0 amide bonds. The normalized spacial score (nSPS) is 11.6. The van der Waals surface area contributed by atoms with Crippen LogP contribution >= 0.6 is 0 Å². The summed E-state index contributed by atoms with van der Waals surface area (Å²) in [6.07, 6.45) is 0. The monoisotopic (exact) mass is 175 g/mol. The summed E-state index contributed by atoms with van der Waals surface area (Å²) >= 11 is 0. The van der Waals surface area contributed by atoms with Crippen LogP contribution in [0.15, 0.2) is 0 Å². The van der Waals surface area contributed by atoms with E-state index in [1.54, 1.807) is 7.05 Å². The Morgan fingerprint density at radius 2 is 1.75 bits per heavy atom. The fourth-order valence-corrected chi connectivity index (χ4v) is 0.850. The van der Waals surface area contributed by atoms with E-state index in [2.05, 4.69) is 10.1 Å². The first kappa shape index (κ1) is 14.0. The topological polar surface area (TPSA) is 38.3 Å². The summed E-state index contributed by atoms with van der Waals surface area (Å²) in [4.78, 5) is 10.9. The lowest BCUT2D eigenvalue weighted by molar-refractivity contribution is -0.144. The molecule has 0 aromatic carbocycles. The molecule has 0 fully saturated rings. The van der Waals surface area contributed by atoms with E-state index in [1.807, 2.05) is 27.7 Å². The van der Waals surface area contributed by atoms with Crippen molar-refractivity contribution in [3.8, 4) is 0 Å². The molecule has 0 aromatic heterocycles. The summed E-state index contributed by atoms with van der Waals surface area (Å²) < 4.78 is 4.56. The third kappa shape index (κ3) is 5.13. The Morgan fingerprint density at radius 3 is 1.83 bits per heavy atom. The van der Waals surface area contributed by atoms with E-state index in [-0.39, 0.29) is 17.9 Å². The quantitative estimate of drug-likeness (QED) is 0.659. The van der Waals surface area contributed by atoms with E-state index >= 15 is 0 Å². The minimum Gasteiger partial charge on any atom is -0.468 e. The van der Waals surface area contributed by atoms with Gasteiger partial charge in [-0.15, -0.1) is 0 Å². The molecule has 0 unspecified atom stereocenters. The summed E-state index contributed by atoms with van der Waals surface area (Å²) in [5.41, 5.74) is 0. The number of nitrogens with one attached hydrogen (secondary N) is 1. The minimum atomic E-state index is -0.197. The second-order valence-corrected chi connectivity index (χ2v) is 2.53. The molecule has 0 aliphatic heterocycles. The molecule has 0 saturated heterocycles. The maximum Gasteiger partial charge on any atom is 0.323 e. The first-order valence-electron chi connectivity index (χ1n) is 4.38. The van der Waals surface area contributed by atoms with E-state index < -0.39 is 0 Å². The molecule has 12 heavy (non-hydrogen) atoms. The summed E-state index contributed by atoms with van der Waals surface area (Å²) in [6.45, 7) is 7.94. The molecule has 0 rings (SSSR count). The van der Waals surface area contributed by atoms with Crippen LogP contribution in [0.3, 0.4) is 0 Å². The van der Waals surface area contributed by atoms with Crippen LogP contribution in [0, 0.1) is 5.92 Å². The van der Waals surface area contributed by atoms with Crippen molar-refractivity contribution in [2.75, 3.05) is 14.2 Å². The summed E-state index contributed by atoms with van der Waals surface area (Å²) in [6, 6.07) is -0.176. The van der Waals surface area contributed by atoms with E-state index in [4.69, 9.17) is 0 Å². The van der Waals surface area contributed by atoms with Crippen molar-refractivity contribution in [3.63, 3.8) is 0 Å². The molecular formula is C9H21NO2. The second-order valence-electron chi connectivity index (χ2n) is 2.53. The highest BCUT2D eigenvalue weighted by Crippen LogP contribution is 2.01. The average molecular weight is 175 g/mol. The number of methoxy groups -OCH3 is 1. The van der Waals surface area contributed by atoms with E-state index in [9.17, 15) is 4.79 Å². The van der Waals surface area contributed by atoms with Gasteiger partial charge in [0.25, 0.3) is 0 Å². The molecular weight excluding hydrogens is 154 g/mol. The van der Waals surface area contributed by atoms with Crippen LogP contribution in [-0.2, 0) is 9.53 Å². The molecule has 3 nitrogen and oxygen atoms in total. The molecule has 0 heterocycles. The van der Waals surface area contributed by atoms with E-state index in [0.29, 0.717) is 0 Å². The number of hydrogen-bond donors (Lipinski definition) is 1. The van der Waals surface area contributed by atoms with Crippen molar-refractivity contribution in [2.24, 2.45) is 5.92 Å². The highest BCUT2D eigenvalue weighted by atomic mass is 16.5. The van der Waals surface area contributed by atoms with Gasteiger partial charge in [0.05, 0.1) is 7.11 Å². The van der Waals surface area contributed by atoms with Crippen molar-refractivity contribution in [3.05, 3.63) is 0 Å². The number of esters is 1. The lowest BCUT2D eigenvalue weighted by Crippen LogP contribution is -2.39. The molecule has 74 valence electrons. The summed E-state index contributed by atoms with van der Waals surface area (Å²) in [5.74, 6) is 0.0787. The third-order valence-corrected chi connectivity index (χ3v) is 1.43. The van der Waals surface area contributed by atoms with Gasteiger partial charge in [0.1, 0.15) is 6.04 Å². The van der Waals surface area contributed by atoms with Gasteiger partial charge in [-0.1, -0.05) is 27.7 Å². The van der Waals surface area contributed by atoms with Gasteiger partial charge in [-0.2, -0.15) is 0 Å². The zero-order valence-corrected chi connectivity index (χ0v) is 8.97. The molecule has 0 bridgehead atoms. The third-order valence-electron chi connectivity index (χ3n) is 1.43. The highest BCUT2D eigenvalue weighted by molar-refractivity contribution is 5.75. The zero-order chi connectivity index (χ0) is 10.1. The Balaban J connectivity index is 0. The Morgan fingerprint density at radius 1 is 1.33 bits per heavy atom. The molecule has 0 aromatic rings. The van der Waals surface area contributed by atoms with Crippen LogP contribution in [0.1, 0.15) is 27.7 Å². The van der Waals surface area contributed by atoms with Crippen LogP contribution in [-0.4, -0.2) is 26.2 Å². The number of carbonyl (C=O) groups is 1. The largest absolute Gasteiger partial charge is 0.468 e. The van der Waals surface area contributed by atoms with Gasteiger partial charge >= 0.3 is 5.97 Å². The predicted octanol–water partition coefficient (Wildman–Crippen LogP) is 1.43. The number of carbonyl (C=O) groups excluding carboxylic acids is 1. The SMILES string of the molecule is CC.CN[C@@H](C(=O)OC)C(C)C. The molecule has 0 aliphatic rings. The van der Waals surface area contributed by atoms with Gasteiger partial charge in [-0.05, 0) is 13.0 Å². The van der Waals surface area contributed by atoms with Crippen molar-refractivity contribution >= 4 is 5.97 Å². The Bertz CT molecular complexity index is 113. The lowest BCUT2D eigenvalue weighted by Gasteiger charge is -2.16. The maximum absolute atomic E-state index is 10.9. The lowest BCUT2D eigenvalue weighted by atomic mass is 10.1. The van der Waals surface area contributed by atoms with Gasteiger partial charge in [0.2, 0.25) is 0 Å². The molecule has 1 atom stereocenters. The fraction of sp³-hybridized carbons (Fsp3) is 0.889. The van der Waals surface area contributed by atoms with Crippen molar-refractivity contribution < 1.29 is 9.53 Å². The van der Waals surface area contributed by atoms with Gasteiger partial charge in [0, 0.05) is 0 Å². The predicted molar refractivity (Wildman–Crippen MR) is 51.0 cm³/mol. The van der Waals surface area contributed by atoms with Crippen LogP contribution < -0.4 is 5.32 Å². The number of rotatable bonds is 3. The highest BCUT2D eigenvalue weighted by Gasteiger charge is 2.19. The Labute approximate surface area is 75.5 Å². The molecule has 0 spiro atoms. The summed E-state index contributed by atoms with van der Waals surface area (Å²) in [7, 11) is 3.15. The first-order chi connectivity index (χ1) is 5.63. The van der Waals surface area contributed by atoms with Gasteiger partial charge in [-0.25, -0.2) is 0 Å².